The van der Waals surface area contributed by atoms with Crippen LogP contribution in [-0.2, 0) is 0 Å². The Bertz CT molecular complexity index is 2290. The molecule has 0 aromatic heterocycles. The summed E-state index contributed by atoms with van der Waals surface area (Å²) in [6, 6.07) is 9.53. The van der Waals surface area contributed by atoms with E-state index in [1.807, 2.05) is 0 Å². The third-order valence-corrected chi connectivity index (χ3v) is 20.8. The third kappa shape index (κ3) is 22.2. The number of hydrogen-bond donors (Lipinski definition) is 0. The first-order valence-corrected chi connectivity index (χ1v) is 38.4. The van der Waals surface area contributed by atoms with Gasteiger partial charge in [-0.25, -0.2) is 0 Å². The summed E-state index contributed by atoms with van der Waals surface area (Å²) in [6.07, 6.45) is 46.3. The van der Waals surface area contributed by atoms with Crippen molar-refractivity contribution in [3.63, 3.8) is 0 Å². The van der Waals surface area contributed by atoms with Crippen molar-refractivity contribution in [3.8, 4) is 69.0 Å². The lowest BCUT2D eigenvalue weighted by Gasteiger charge is -2.33. The highest BCUT2D eigenvalue weighted by molar-refractivity contribution is 5.72. The molecule has 12 nitrogen and oxygen atoms in total. The molecule has 0 amide bonds. The lowest BCUT2D eigenvalue weighted by Crippen LogP contribution is -2.16. The zero-order valence-electron chi connectivity index (χ0n) is 63.8. The van der Waals surface area contributed by atoms with Crippen LogP contribution in [0, 0.1) is 0 Å². The topological polar surface area (TPSA) is 111 Å². The molecule has 0 heterocycles. The molecule has 0 N–H and O–H groups in total. The fourth-order valence-corrected chi connectivity index (χ4v) is 15.7. The summed E-state index contributed by atoms with van der Waals surface area (Å²) >= 11 is 0. The van der Waals surface area contributed by atoms with E-state index in [9.17, 15) is 0 Å². The highest BCUT2D eigenvalue weighted by Crippen LogP contribution is 2.61. The summed E-state index contributed by atoms with van der Waals surface area (Å²) in [5, 5.41) is 0. The lowest BCUT2D eigenvalue weighted by molar-refractivity contribution is 0.309. The summed E-state index contributed by atoms with van der Waals surface area (Å²) in [4.78, 5) is 0. The molecule has 12 heteroatoms. The van der Waals surface area contributed by atoms with E-state index >= 15 is 0 Å². The second-order valence-corrected chi connectivity index (χ2v) is 27.3. The lowest BCUT2D eigenvalue weighted by atomic mass is 9.75. The van der Waals surface area contributed by atoms with Crippen LogP contribution in [0.25, 0.3) is 0 Å². The zero-order chi connectivity index (χ0) is 69.5. The maximum atomic E-state index is 6.75. The summed E-state index contributed by atoms with van der Waals surface area (Å²) in [5.74, 6) is 6.00. The molecule has 0 saturated heterocycles. The average molecular weight is 1340 g/mol. The van der Waals surface area contributed by atoms with Gasteiger partial charge in [0.25, 0.3) is 0 Å². The number of benzene rings is 4. The molecule has 0 atom stereocenters. The molecule has 96 heavy (non-hydrogen) atoms. The fourth-order valence-electron chi connectivity index (χ4n) is 15.7. The van der Waals surface area contributed by atoms with Gasteiger partial charge in [0.2, 0.25) is 23.0 Å². The van der Waals surface area contributed by atoms with Crippen LogP contribution in [0.2, 0.25) is 0 Å². The number of methoxy groups -OCH3 is 12. The molecule has 8 bridgehead atoms. The summed E-state index contributed by atoms with van der Waals surface area (Å²) < 4.78 is 80.7. The molecule has 544 valence electrons. The second kappa shape index (κ2) is 46.7. The maximum absolute atomic E-state index is 6.75. The number of unbranched alkanes of at least 4 members (excludes halogenated alkanes) is 32. The Morgan fingerprint density at radius 3 is 0.396 bits per heavy atom. The molecule has 1 aliphatic carbocycles. The van der Waals surface area contributed by atoms with Crippen molar-refractivity contribution >= 4 is 0 Å². The van der Waals surface area contributed by atoms with Gasteiger partial charge in [0.15, 0.2) is 46.0 Å². The maximum Gasteiger partial charge on any atom is 0.203 e. The van der Waals surface area contributed by atoms with Gasteiger partial charge in [-0.2, -0.15) is 0 Å². The Balaban J connectivity index is 2.03. The predicted octanol–water partition coefficient (Wildman–Crippen LogP) is 24.3. The zero-order valence-corrected chi connectivity index (χ0v) is 63.8. The Hall–Kier alpha value is -5.52. The SMILES string of the molecule is CCCCCCCCCCCC1c2cc(c(OC)c(OC)c2OC)C(CCCCCCCCCCC)c2cc(c(OC)c(OC)c2OC)C(CCCCCCCCCCC)c2cc(c(OC)c(OC)c2OC)C(CCCCCCCCCCC)c2cc1c(OC)c(OC)c2OC. The third-order valence-electron chi connectivity index (χ3n) is 20.8. The predicted molar refractivity (Wildman–Crippen MR) is 399 cm³/mol. The van der Waals surface area contributed by atoms with Crippen LogP contribution in [0.5, 0.6) is 69.0 Å². The first-order chi connectivity index (χ1) is 47.1. The Morgan fingerprint density at radius 2 is 0.281 bits per heavy atom. The normalized spacial score (nSPS) is 15.1. The standard InChI is InChI=1S/C84H136O12/c1-17-21-25-29-33-37-41-45-49-53-61-65-57-67(75(87-7)81(93-13)73(65)85-5)62(54-50-46-42-38-34-30-26-22-18-2)69-59-71(79(91-11)83(95-15)77(69)89-9)64(56-52-48-44-40-36-32-28-24-20-4)72-60-70(78(90-10)84(96-16)80(72)92-12)63(55-51-47-43-39-35-31-27-23-19-3)68-58-66(61)74(86-6)82(94-14)76(68)88-8/h57-64H,17-56H2,1-16H3. The van der Waals surface area contributed by atoms with Crippen LogP contribution in [-0.4, -0.2) is 85.3 Å². The molecule has 5 rings (SSSR count). The van der Waals surface area contributed by atoms with Crippen molar-refractivity contribution < 1.29 is 56.8 Å². The van der Waals surface area contributed by atoms with E-state index in [0.717, 1.165) is 147 Å². The number of hydrogen-bond acceptors (Lipinski definition) is 12. The molecule has 0 saturated carbocycles. The highest BCUT2D eigenvalue weighted by Gasteiger charge is 2.40. The molecule has 0 aliphatic heterocycles. The number of fused-ring (bicyclic) bond motifs is 8. The first-order valence-electron chi connectivity index (χ1n) is 38.4. The van der Waals surface area contributed by atoms with Gasteiger partial charge in [-0.05, 0) is 49.9 Å². The summed E-state index contributed by atoms with van der Waals surface area (Å²) in [5.41, 5.74) is 7.85. The minimum absolute atomic E-state index is 0.294. The molecule has 4 aromatic rings. The van der Waals surface area contributed by atoms with Crippen LogP contribution in [0.15, 0.2) is 24.3 Å². The van der Waals surface area contributed by atoms with Gasteiger partial charge >= 0.3 is 0 Å². The van der Waals surface area contributed by atoms with Gasteiger partial charge < -0.3 is 56.8 Å². The molecular weight excluding hydrogens is 1200 g/mol. The molecule has 0 fully saturated rings. The molecule has 0 spiro atoms. The average Bonchev–Trinajstić information content (AvgIpc) is 0.742. The van der Waals surface area contributed by atoms with Gasteiger partial charge in [0.1, 0.15) is 0 Å². The van der Waals surface area contributed by atoms with Gasteiger partial charge in [0, 0.05) is 68.2 Å². The van der Waals surface area contributed by atoms with Gasteiger partial charge in [-0.15, -0.1) is 0 Å². The monoisotopic (exact) mass is 1340 g/mol. The van der Waals surface area contributed by atoms with E-state index in [-0.39, 0.29) is 23.7 Å². The van der Waals surface area contributed by atoms with E-state index in [1.54, 1.807) is 85.3 Å². The Morgan fingerprint density at radius 1 is 0.167 bits per heavy atom. The van der Waals surface area contributed by atoms with E-state index in [0.29, 0.717) is 69.0 Å². The number of ether oxygens (including phenoxy) is 12. The Kier molecular flexibility index (Phi) is 39.5. The van der Waals surface area contributed by atoms with E-state index < -0.39 is 0 Å². The largest absolute Gasteiger partial charge is 0.492 e. The molecular formula is C84H136O12. The van der Waals surface area contributed by atoms with Crippen LogP contribution in [0.1, 0.15) is 353 Å². The van der Waals surface area contributed by atoms with Gasteiger partial charge in [0.05, 0.1) is 85.3 Å². The minimum Gasteiger partial charge on any atom is -0.492 e. The van der Waals surface area contributed by atoms with Crippen molar-refractivity contribution in [3.05, 3.63) is 68.8 Å². The van der Waals surface area contributed by atoms with Crippen molar-refractivity contribution in [2.45, 2.75) is 308 Å². The van der Waals surface area contributed by atoms with Crippen molar-refractivity contribution in [1.29, 1.82) is 0 Å². The minimum atomic E-state index is -0.294. The quantitative estimate of drug-likeness (QED) is 0.0393. The van der Waals surface area contributed by atoms with Crippen molar-refractivity contribution in [1.82, 2.24) is 0 Å². The van der Waals surface area contributed by atoms with E-state index in [1.165, 1.54) is 154 Å². The molecule has 1 aliphatic rings. The van der Waals surface area contributed by atoms with Crippen LogP contribution < -0.4 is 56.8 Å². The second-order valence-electron chi connectivity index (χ2n) is 27.3. The highest BCUT2D eigenvalue weighted by atomic mass is 16.6. The van der Waals surface area contributed by atoms with Gasteiger partial charge in [-0.1, -0.05) is 259 Å². The molecule has 0 unspecified atom stereocenters. The van der Waals surface area contributed by atoms with Crippen molar-refractivity contribution in [2.75, 3.05) is 85.3 Å². The van der Waals surface area contributed by atoms with Crippen LogP contribution in [0.4, 0.5) is 0 Å². The summed E-state index contributed by atoms with van der Waals surface area (Å²) in [6.45, 7) is 9.16. The van der Waals surface area contributed by atoms with Crippen LogP contribution >= 0.6 is 0 Å². The van der Waals surface area contributed by atoms with E-state index in [4.69, 9.17) is 56.8 Å². The van der Waals surface area contributed by atoms with Crippen LogP contribution in [0.3, 0.4) is 0 Å². The molecule has 4 aromatic carbocycles. The van der Waals surface area contributed by atoms with Gasteiger partial charge in [-0.3, -0.25) is 0 Å². The molecule has 0 radical (unpaired) electrons. The summed E-state index contributed by atoms with van der Waals surface area (Å²) in [7, 11) is 21.1. The Labute approximate surface area is 585 Å². The fraction of sp³-hybridized carbons (Fsp3) is 0.714. The number of rotatable bonds is 52. The van der Waals surface area contributed by atoms with E-state index in [2.05, 4.69) is 52.0 Å². The van der Waals surface area contributed by atoms with Crippen molar-refractivity contribution in [2.24, 2.45) is 0 Å². The first kappa shape index (κ1) is 81.2. The smallest absolute Gasteiger partial charge is 0.203 e.